The normalized spacial score (nSPS) is 20.1. The predicted molar refractivity (Wildman–Crippen MR) is 68.8 cm³/mol. The Morgan fingerprint density at radius 3 is 2.00 bits per heavy atom. The zero-order valence-corrected chi connectivity index (χ0v) is 11.8. The topological polar surface area (TPSA) is 35.5 Å². The molecule has 1 fully saturated rings. The quantitative estimate of drug-likeness (QED) is 0.710. The van der Waals surface area contributed by atoms with E-state index in [1.54, 1.807) is 23.5 Å². The fourth-order valence-electron chi connectivity index (χ4n) is 1.32. The zero-order valence-electron chi connectivity index (χ0n) is 9.31. The van der Waals surface area contributed by atoms with Crippen LogP contribution in [0, 0.1) is 0 Å². The minimum Gasteiger partial charge on any atom is -0.308 e. The molecule has 0 amide bonds. The molecule has 0 aromatic carbocycles. The van der Waals surface area contributed by atoms with Gasteiger partial charge in [0, 0.05) is 0 Å². The Hall–Kier alpha value is 0.850. The summed E-state index contributed by atoms with van der Waals surface area (Å²) in [4.78, 5) is 0. The molecule has 0 aromatic heterocycles. The number of hydrogen-bond donors (Lipinski definition) is 0. The first-order valence-corrected chi connectivity index (χ1v) is 9.06. The fraction of sp³-hybridized carbons (Fsp3) is 1.00. The van der Waals surface area contributed by atoms with Gasteiger partial charge in [0.2, 0.25) is 0 Å². The third-order valence-electron chi connectivity index (χ3n) is 1.94. The largest absolute Gasteiger partial charge is 0.353 e. The average molecular weight is 270 g/mol. The van der Waals surface area contributed by atoms with E-state index >= 15 is 0 Å². The van der Waals surface area contributed by atoms with E-state index in [0.29, 0.717) is 13.2 Å². The Balaban J connectivity index is 2.63. The van der Waals surface area contributed by atoms with E-state index in [1.807, 2.05) is 13.8 Å². The number of hydrogen-bond acceptors (Lipinski definition) is 5. The van der Waals surface area contributed by atoms with Crippen LogP contribution in [0.3, 0.4) is 0 Å². The minimum atomic E-state index is -2.90. The van der Waals surface area contributed by atoms with Gasteiger partial charge in [0.05, 0.1) is 13.2 Å². The molecule has 1 saturated heterocycles. The molecule has 15 heavy (non-hydrogen) atoms. The molecule has 90 valence electrons. The molecule has 0 bridgehead atoms. The maximum Gasteiger partial charge on any atom is 0.353 e. The molecule has 0 radical (unpaired) electrons. The van der Waals surface area contributed by atoms with E-state index in [2.05, 4.69) is 0 Å². The predicted octanol–water partition coefficient (Wildman–Crippen LogP) is 3.80. The van der Waals surface area contributed by atoms with Crippen molar-refractivity contribution in [3.05, 3.63) is 0 Å². The van der Waals surface area contributed by atoms with Gasteiger partial charge in [0.1, 0.15) is 0 Å². The highest BCUT2D eigenvalue weighted by Crippen LogP contribution is 2.61. The first-order valence-electron chi connectivity index (χ1n) is 5.35. The smallest absolute Gasteiger partial charge is 0.308 e. The summed E-state index contributed by atoms with van der Waals surface area (Å²) >= 11 is 3.44. The Bertz CT molecular complexity index is 207. The van der Waals surface area contributed by atoms with Crippen LogP contribution in [0.15, 0.2) is 0 Å². The SMILES string of the molecule is CCOP(=O)(OCC)C1SCCCCS1. The van der Waals surface area contributed by atoms with Gasteiger partial charge in [0.15, 0.2) is 4.32 Å². The lowest BCUT2D eigenvalue weighted by Crippen LogP contribution is -2.06. The van der Waals surface area contributed by atoms with Crippen LogP contribution in [-0.4, -0.2) is 29.0 Å². The average Bonchev–Trinajstić information content (AvgIpc) is 2.46. The summed E-state index contributed by atoms with van der Waals surface area (Å²) in [6, 6.07) is 0. The van der Waals surface area contributed by atoms with Gasteiger partial charge >= 0.3 is 7.60 Å². The molecule has 6 heteroatoms. The first kappa shape index (κ1) is 13.9. The Labute approximate surface area is 101 Å². The summed E-state index contributed by atoms with van der Waals surface area (Å²) in [6.45, 7) is 4.62. The molecule has 0 saturated carbocycles. The van der Waals surface area contributed by atoms with Crippen molar-refractivity contribution in [3.8, 4) is 0 Å². The highest BCUT2D eigenvalue weighted by atomic mass is 32.2. The molecule has 0 atom stereocenters. The van der Waals surface area contributed by atoms with Crippen LogP contribution in [0.4, 0.5) is 0 Å². The van der Waals surface area contributed by atoms with Crippen molar-refractivity contribution in [2.45, 2.75) is 31.0 Å². The third kappa shape index (κ3) is 4.31. The molecule has 0 aromatic rings. The maximum absolute atomic E-state index is 12.4. The zero-order chi connectivity index (χ0) is 11.1. The first-order chi connectivity index (χ1) is 7.23. The second-order valence-electron chi connectivity index (χ2n) is 3.13. The van der Waals surface area contributed by atoms with Crippen LogP contribution in [0.1, 0.15) is 26.7 Å². The van der Waals surface area contributed by atoms with Crippen molar-refractivity contribution < 1.29 is 13.6 Å². The molecule has 3 nitrogen and oxygen atoms in total. The highest BCUT2D eigenvalue weighted by molar-refractivity contribution is 8.23. The Morgan fingerprint density at radius 2 is 1.60 bits per heavy atom. The van der Waals surface area contributed by atoms with Crippen LogP contribution < -0.4 is 0 Å². The molecule has 1 aliphatic heterocycles. The minimum absolute atomic E-state index is 0.0279. The van der Waals surface area contributed by atoms with Gasteiger partial charge in [0.25, 0.3) is 0 Å². The molecule has 1 aliphatic rings. The fourth-order valence-corrected chi connectivity index (χ4v) is 7.29. The summed E-state index contributed by atoms with van der Waals surface area (Å²) in [5, 5.41) is 0. The lowest BCUT2D eigenvalue weighted by Gasteiger charge is -2.23. The highest BCUT2D eigenvalue weighted by Gasteiger charge is 2.36. The van der Waals surface area contributed by atoms with Crippen LogP contribution in [0.2, 0.25) is 0 Å². The van der Waals surface area contributed by atoms with E-state index in [-0.39, 0.29) is 4.32 Å². The molecule has 0 spiro atoms. The Morgan fingerprint density at radius 1 is 1.13 bits per heavy atom. The van der Waals surface area contributed by atoms with Gasteiger partial charge in [-0.05, 0) is 38.2 Å². The lowest BCUT2D eigenvalue weighted by molar-refractivity contribution is 0.222. The van der Waals surface area contributed by atoms with E-state index in [0.717, 1.165) is 11.5 Å². The molecule has 1 rings (SSSR count). The van der Waals surface area contributed by atoms with Crippen molar-refractivity contribution in [1.29, 1.82) is 0 Å². The van der Waals surface area contributed by atoms with E-state index < -0.39 is 7.60 Å². The third-order valence-corrected chi connectivity index (χ3v) is 8.57. The van der Waals surface area contributed by atoms with Crippen LogP contribution in [-0.2, 0) is 13.6 Å². The van der Waals surface area contributed by atoms with Crippen molar-refractivity contribution in [2.24, 2.45) is 0 Å². The molecular weight excluding hydrogens is 251 g/mol. The number of thioether (sulfide) groups is 2. The summed E-state index contributed by atoms with van der Waals surface area (Å²) in [6.07, 6.45) is 2.40. The second kappa shape index (κ2) is 7.23. The van der Waals surface area contributed by atoms with Crippen molar-refractivity contribution in [2.75, 3.05) is 24.7 Å². The van der Waals surface area contributed by atoms with Crippen molar-refractivity contribution in [3.63, 3.8) is 0 Å². The molecule has 1 heterocycles. The van der Waals surface area contributed by atoms with Gasteiger partial charge < -0.3 is 9.05 Å². The molecule has 0 unspecified atom stereocenters. The standard InChI is InChI=1S/C9H19O3PS2/c1-3-11-13(10,12-4-2)9-14-7-5-6-8-15-9/h9H,3-8H2,1-2H3. The van der Waals surface area contributed by atoms with Crippen LogP contribution in [0.25, 0.3) is 0 Å². The monoisotopic (exact) mass is 270 g/mol. The van der Waals surface area contributed by atoms with Crippen molar-refractivity contribution in [1.82, 2.24) is 0 Å². The summed E-state index contributed by atoms with van der Waals surface area (Å²) in [5.74, 6) is 2.11. The lowest BCUT2D eigenvalue weighted by atomic mass is 10.4. The maximum atomic E-state index is 12.4. The molecule has 0 N–H and O–H groups in total. The van der Waals surface area contributed by atoms with Crippen LogP contribution in [0.5, 0.6) is 0 Å². The van der Waals surface area contributed by atoms with E-state index in [1.165, 1.54) is 12.8 Å². The van der Waals surface area contributed by atoms with Gasteiger partial charge in [-0.25, -0.2) is 0 Å². The van der Waals surface area contributed by atoms with Crippen LogP contribution >= 0.6 is 31.1 Å². The second-order valence-corrected chi connectivity index (χ2v) is 8.67. The van der Waals surface area contributed by atoms with Gasteiger partial charge in [-0.15, -0.1) is 23.5 Å². The number of rotatable bonds is 5. The van der Waals surface area contributed by atoms with Crippen molar-refractivity contribution >= 4 is 31.1 Å². The molecule has 0 aliphatic carbocycles. The van der Waals surface area contributed by atoms with Gasteiger partial charge in [-0.2, -0.15) is 0 Å². The van der Waals surface area contributed by atoms with Gasteiger partial charge in [-0.3, -0.25) is 4.57 Å². The molecular formula is C9H19O3PS2. The van der Waals surface area contributed by atoms with E-state index in [9.17, 15) is 4.57 Å². The summed E-state index contributed by atoms with van der Waals surface area (Å²) in [7, 11) is -2.90. The Kier molecular flexibility index (Phi) is 6.71. The van der Waals surface area contributed by atoms with E-state index in [4.69, 9.17) is 9.05 Å². The van der Waals surface area contributed by atoms with Gasteiger partial charge in [-0.1, -0.05) is 0 Å². The summed E-state index contributed by atoms with van der Waals surface area (Å²) in [5.41, 5.74) is 0. The summed E-state index contributed by atoms with van der Waals surface area (Å²) < 4.78 is 23.1.